The molecule has 1 heterocycles. The summed E-state index contributed by atoms with van der Waals surface area (Å²) in [5, 5.41) is 16.9. The van der Waals surface area contributed by atoms with Crippen molar-refractivity contribution in [2.45, 2.75) is 39.5 Å². The van der Waals surface area contributed by atoms with Crippen LogP contribution in [0.5, 0.6) is 5.75 Å². The Bertz CT molecular complexity index is 899. The van der Waals surface area contributed by atoms with Gasteiger partial charge in [0.15, 0.2) is 5.76 Å². The Kier molecular flexibility index (Phi) is 5.59. The number of aryl methyl sites for hydroxylation is 1. The fourth-order valence-electron chi connectivity index (χ4n) is 3.16. The van der Waals surface area contributed by atoms with E-state index in [1.807, 2.05) is 13.8 Å². The molecule has 7 nitrogen and oxygen atoms in total. The molecule has 0 atom stereocenters. The van der Waals surface area contributed by atoms with Gasteiger partial charge in [-0.15, -0.1) is 0 Å². The monoisotopic (exact) mass is 369 g/mol. The third kappa shape index (κ3) is 3.86. The number of rotatable bonds is 5. The Morgan fingerprint density at radius 3 is 2.74 bits per heavy atom. The third-order valence-corrected chi connectivity index (χ3v) is 4.51. The number of phenols is 1. The summed E-state index contributed by atoms with van der Waals surface area (Å²) in [6.45, 7) is 4.40. The van der Waals surface area contributed by atoms with E-state index in [4.69, 9.17) is 4.42 Å². The molecule has 27 heavy (non-hydrogen) atoms. The van der Waals surface area contributed by atoms with Gasteiger partial charge in [-0.1, -0.05) is 19.1 Å². The summed E-state index contributed by atoms with van der Waals surface area (Å²) in [5.74, 6) is 0.191. The second kappa shape index (κ2) is 8.07. The average Bonchev–Trinajstić information content (AvgIpc) is 3.02. The lowest BCUT2D eigenvalue weighted by Crippen LogP contribution is -2.24. The van der Waals surface area contributed by atoms with Crippen LogP contribution in [-0.4, -0.2) is 29.2 Å². The summed E-state index contributed by atoms with van der Waals surface area (Å²) in [6, 6.07) is 6.28. The molecular formula is C20H23N3O4. The first-order valence-corrected chi connectivity index (χ1v) is 9.08. The molecule has 1 aromatic carbocycles. The fraction of sp³-hybridized carbons (Fsp3) is 0.350. The van der Waals surface area contributed by atoms with Crippen molar-refractivity contribution in [2.24, 2.45) is 5.10 Å². The summed E-state index contributed by atoms with van der Waals surface area (Å²) in [5.41, 5.74) is 4.85. The molecule has 1 aromatic heterocycles. The highest BCUT2D eigenvalue weighted by Crippen LogP contribution is 2.30. The molecule has 1 aliphatic rings. The molecule has 0 bridgehead atoms. The maximum Gasteiger partial charge on any atom is 0.287 e. The number of amides is 2. The van der Waals surface area contributed by atoms with Crippen LogP contribution in [0.25, 0.3) is 0 Å². The molecule has 0 aliphatic heterocycles. The maximum atomic E-state index is 12.3. The van der Waals surface area contributed by atoms with Crippen LogP contribution in [0.15, 0.2) is 33.8 Å². The molecule has 142 valence electrons. The number of para-hydroxylation sites is 1. The Morgan fingerprint density at radius 2 is 2.00 bits per heavy atom. The Labute approximate surface area is 157 Å². The van der Waals surface area contributed by atoms with Gasteiger partial charge in [0, 0.05) is 24.1 Å². The van der Waals surface area contributed by atoms with E-state index in [9.17, 15) is 14.7 Å². The van der Waals surface area contributed by atoms with Gasteiger partial charge in [0.2, 0.25) is 0 Å². The molecule has 0 fully saturated rings. The molecule has 0 radical (unpaired) electrons. The van der Waals surface area contributed by atoms with E-state index < -0.39 is 5.91 Å². The first-order chi connectivity index (χ1) is 13.0. The minimum absolute atomic E-state index is 0.103. The van der Waals surface area contributed by atoms with Gasteiger partial charge in [-0.3, -0.25) is 9.59 Å². The molecule has 0 spiro atoms. The standard InChI is InChI=1S/C20H23N3O4/c1-3-11-21-20(26)18-12(2)17-14(8-6-10-16(17)27-18)22-23-19(25)13-7-4-5-9-15(13)24/h4-5,7,9,24H,3,6,8,10-11H2,1-2H3,(H,21,26)(H,23,25)/b22-14+. The van der Waals surface area contributed by atoms with Crippen LogP contribution in [0.2, 0.25) is 0 Å². The molecule has 3 N–H and O–H groups in total. The van der Waals surface area contributed by atoms with Crippen molar-refractivity contribution < 1.29 is 19.1 Å². The SMILES string of the molecule is CCCNC(=O)c1oc2c(c1C)/C(=N/NC(=O)c1ccccc1O)CCC2. The largest absolute Gasteiger partial charge is 0.507 e. The van der Waals surface area contributed by atoms with Crippen LogP contribution in [0, 0.1) is 6.92 Å². The van der Waals surface area contributed by atoms with E-state index in [0.29, 0.717) is 24.4 Å². The van der Waals surface area contributed by atoms with Crippen molar-refractivity contribution in [1.82, 2.24) is 10.7 Å². The van der Waals surface area contributed by atoms with Gasteiger partial charge in [0.1, 0.15) is 11.5 Å². The second-order valence-corrected chi connectivity index (χ2v) is 6.48. The van der Waals surface area contributed by atoms with E-state index in [0.717, 1.165) is 36.1 Å². The number of fused-ring (bicyclic) bond motifs is 1. The van der Waals surface area contributed by atoms with Crippen molar-refractivity contribution in [2.75, 3.05) is 6.54 Å². The van der Waals surface area contributed by atoms with Gasteiger partial charge in [0.25, 0.3) is 11.8 Å². The molecule has 2 amide bonds. The molecule has 0 unspecified atom stereocenters. The number of hydrazone groups is 1. The summed E-state index contributed by atoms with van der Waals surface area (Å²) in [6.07, 6.45) is 3.06. The molecule has 0 saturated heterocycles. The van der Waals surface area contributed by atoms with Crippen LogP contribution < -0.4 is 10.7 Å². The number of benzene rings is 1. The normalized spacial score (nSPS) is 14.7. The van der Waals surface area contributed by atoms with Gasteiger partial charge in [-0.05, 0) is 38.3 Å². The van der Waals surface area contributed by atoms with Gasteiger partial charge in [-0.25, -0.2) is 5.43 Å². The topological polar surface area (TPSA) is 104 Å². The summed E-state index contributed by atoms with van der Waals surface area (Å²) in [7, 11) is 0. The van der Waals surface area contributed by atoms with Crippen LogP contribution in [-0.2, 0) is 6.42 Å². The first-order valence-electron chi connectivity index (χ1n) is 9.08. The minimum Gasteiger partial charge on any atom is -0.507 e. The smallest absolute Gasteiger partial charge is 0.287 e. The molecule has 7 heteroatoms. The summed E-state index contributed by atoms with van der Waals surface area (Å²) < 4.78 is 5.79. The number of aromatic hydroxyl groups is 1. The molecule has 1 aliphatic carbocycles. The van der Waals surface area contributed by atoms with Gasteiger partial charge >= 0.3 is 0 Å². The molecule has 3 rings (SSSR count). The van der Waals surface area contributed by atoms with Crippen molar-refractivity contribution in [3.8, 4) is 5.75 Å². The van der Waals surface area contributed by atoms with Crippen LogP contribution in [0.1, 0.15) is 64.0 Å². The van der Waals surface area contributed by atoms with Crippen molar-refractivity contribution >= 4 is 17.5 Å². The zero-order chi connectivity index (χ0) is 19.4. The number of hydrogen-bond donors (Lipinski definition) is 3. The summed E-state index contributed by atoms with van der Waals surface area (Å²) >= 11 is 0. The van der Waals surface area contributed by atoms with E-state index >= 15 is 0 Å². The quantitative estimate of drug-likeness (QED) is 0.705. The van der Waals surface area contributed by atoms with Crippen molar-refractivity contribution in [3.05, 3.63) is 52.5 Å². The van der Waals surface area contributed by atoms with Gasteiger partial charge < -0.3 is 14.8 Å². The number of furan rings is 1. The van der Waals surface area contributed by atoms with Crippen LogP contribution in [0.3, 0.4) is 0 Å². The fourth-order valence-corrected chi connectivity index (χ4v) is 3.16. The third-order valence-electron chi connectivity index (χ3n) is 4.51. The maximum absolute atomic E-state index is 12.3. The predicted octanol–water partition coefficient (Wildman–Crippen LogP) is 2.90. The van der Waals surface area contributed by atoms with E-state index in [2.05, 4.69) is 15.8 Å². The van der Waals surface area contributed by atoms with Crippen LogP contribution >= 0.6 is 0 Å². The van der Waals surface area contributed by atoms with Gasteiger partial charge in [-0.2, -0.15) is 5.10 Å². The first kappa shape index (κ1) is 18.7. The number of carbonyl (C=O) groups is 2. The van der Waals surface area contributed by atoms with Crippen molar-refractivity contribution in [1.29, 1.82) is 0 Å². The number of hydrogen-bond acceptors (Lipinski definition) is 5. The summed E-state index contributed by atoms with van der Waals surface area (Å²) in [4.78, 5) is 24.6. The lowest BCUT2D eigenvalue weighted by molar-refractivity contribution is 0.0921. The van der Waals surface area contributed by atoms with Crippen molar-refractivity contribution in [3.63, 3.8) is 0 Å². The zero-order valence-corrected chi connectivity index (χ0v) is 15.5. The Hall–Kier alpha value is -3.09. The highest BCUT2D eigenvalue weighted by Gasteiger charge is 2.28. The molecule has 0 saturated carbocycles. The van der Waals surface area contributed by atoms with E-state index in [-0.39, 0.29) is 17.2 Å². The average molecular weight is 369 g/mol. The molecule has 2 aromatic rings. The molecular weight excluding hydrogens is 346 g/mol. The lowest BCUT2D eigenvalue weighted by atomic mass is 9.93. The number of carbonyl (C=O) groups excluding carboxylic acids is 2. The number of phenolic OH excluding ortho intramolecular Hbond substituents is 1. The second-order valence-electron chi connectivity index (χ2n) is 6.48. The lowest BCUT2D eigenvalue weighted by Gasteiger charge is -2.13. The Morgan fingerprint density at radius 1 is 1.22 bits per heavy atom. The minimum atomic E-state index is -0.491. The highest BCUT2D eigenvalue weighted by atomic mass is 16.4. The van der Waals surface area contributed by atoms with E-state index in [1.165, 1.54) is 12.1 Å². The number of nitrogens with one attached hydrogen (secondary N) is 2. The number of nitrogens with zero attached hydrogens (tertiary/aromatic N) is 1. The zero-order valence-electron chi connectivity index (χ0n) is 15.5. The highest BCUT2D eigenvalue weighted by molar-refractivity contribution is 6.07. The van der Waals surface area contributed by atoms with Crippen LogP contribution in [0.4, 0.5) is 0 Å². The van der Waals surface area contributed by atoms with E-state index in [1.54, 1.807) is 12.1 Å². The Balaban J connectivity index is 1.84. The van der Waals surface area contributed by atoms with Gasteiger partial charge in [0.05, 0.1) is 11.3 Å². The predicted molar refractivity (Wildman–Crippen MR) is 101 cm³/mol.